The van der Waals surface area contributed by atoms with Crippen LogP contribution < -0.4 is 0 Å². The van der Waals surface area contributed by atoms with Crippen LogP contribution >= 0.6 is 23.4 Å². The third-order valence-corrected chi connectivity index (χ3v) is 5.05. The van der Waals surface area contributed by atoms with E-state index in [0.29, 0.717) is 16.3 Å². The number of thioether (sulfide) groups is 1. The lowest BCUT2D eigenvalue weighted by molar-refractivity contribution is -0.141. The van der Waals surface area contributed by atoms with E-state index >= 15 is 0 Å². The molecule has 2 rings (SSSR count). The predicted octanol–water partition coefficient (Wildman–Crippen LogP) is 2.96. The van der Waals surface area contributed by atoms with Crippen LogP contribution in [-0.2, 0) is 4.79 Å². The number of aliphatic carboxylic acids is 1. The average Bonchev–Trinajstić information content (AvgIpc) is 2.82. The summed E-state index contributed by atoms with van der Waals surface area (Å²) in [7, 11) is 0. The zero-order valence-corrected chi connectivity index (χ0v) is 12.8. The van der Waals surface area contributed by atoms with Crippen LogP contribution in [0.1, 0.15) is 24.2 Å². The highest BCUT2D eigenvalue weighted by Crippen LogP contribution is 2.35. The Balaban J connectivity index is 2.34. The van der Waals surface area contributed by atoms with Crippen LogP contribution in [-0.4, -0.2) is 39.1 Å². The standard InChI is InChI=1S/C14H16ClNO3S/c1-8(2)13-16(11(7-20-13)14(18)19)12(17)9-4-3-5-10(15)6-9/h3-6,8,11,13H,7H2,1-2H3,(H,18,19). The van der Waals surface area contributed by atoms with Gasteiger partial charge in [0.15, 0.2) is 0 Å². The van der Waals surface area contributed by atoms with Gasteiger partial charge >= 0.3 is 5.97 Å². The zero-order valence-electron chi connectivity index (χ0n) is 11.2. The summed E-state index contributed by atoms with van der Waals surface area (Å²) in [5, 5.41) is 9.65. The maximum atomic E-state index is 12.6. The van der Waals surface area contributed by atoms with Gasteiger partial charge in [-0.2, -0.15) is 0 Å². The maximum absolute atomic E-state index is 12.6. The average molecular weight is 314 g/mol. The molecule has 1 N–H and O–H groups in total. The minimum Gasteiger partial charge on any atom is -0.480 e. The lowest BCUT2D eigenvalue weighted by Gasteiger charge is -2.29. The lowest BCUT2D eigenvalue weighted by Crippen LogP contribution is -2.47. The van der Waals surface area contributed by atoms with Gasteiger partial charge in [0.05, 0.1) is 5.37 Å². The second kappa shape index (κ2) is 6.06. The number of halogens is 1. The number of nitrogens with zero attached hydrogens (tertiary/aromatic N) is 1. The fourth-order valence-electron chi connectivity index (χ4n) is 2.26. The molecular weight excluding hydrogens is 298 g/mol. The molecule has 0 bridgehead atoms. The first-order valence-electron chi connectivity index (χ1n) is 6.34. The highest BCUT2D eigenvalue weighted by Gasteiger charge is 2.43. The minimum atomic E-state index is -0.962. The van der Waals surface area contributed by atoms with Crippen molar-refractivity contribution >= 4 is 35.2 Å². The van der Waals surface area contributed by atoms with Crippen LogP contribution in [0.5, 0.6) is 0 Å². The molecule has 108 valence electrons. The number of carbonyl (C=O) groups is 2. The molecule has 1 heterocycles. The molecular formula is C14H16ClNO3S. The van der Waals surface area contributed by atoms with Crippen molar-refractivity contribution in [3.8, 4) is 0 Å². The Hall–Kier alpha value is -1.20. The molecule has 1 fully saturated rings. The molecule has 0 radical (unpaired) electrons. The van der Waals surface area contributed by atoms with Gasteiger partial charge in [-0.1, -0.05) is 31.5 Å². The summed E-state index contributed by atoms with van der Waals surface area (Å²) in [6, 6.07) is 5.83. The topological polar surface area (TPSA) is 57.6 Å². The van der Waals surface area contributed by atoms with E-state index in [1.54, 1.807) is 24.3 Å². The van der Waals surface area contributed by atoms with Crippen LogP contribution in [0, 0.1) is 5.92 Å². The summed E-state index contributed by atoms with van der Waals surface area (Å²) in [4.78, 5) is 25.4. The molecule has 1 aromatic rings. The van der Waals surface area contributed by atoms with E-state index in [9.17, 15) is 14.7 Å². The zero-order chi connectivity index (χ0) is 14.9. The van der Waals surface area contributed by atoms with Crippen molar-refractivity contribution in [3.63, 3.8) is 0 Å². The molecule has 1 aliphatic rings. The number of rotatable bonds is 3. The smallest absolute Gasteiger partial charge is 0.327 e. The number of carbonyl (C=O) groups excluding carboxylic acids is 1. The second-order valence-corrected chi connectivity index (χ2v) is 6.63. The number of carboxylic acids is 1. The van der Waals surface area contributed by atoms with Crippen molar-refractivity contribution in [2.24, 2.45) is 5.92 Å². The van der Waals surface area contributed by atoms with E-state index < -0.39 is 12.0 Å². The first kappa shape index (κ1) is 15.2. The molecule has 0 aliphatic carbocycles. The fourth-order valence-corrected chi connectivity index (χ4v) is 3.92. The van der Waals surface area contributed by atoms with E-state index in [1.807, 2.05) is 13.8 Å². The van der Waals surface area contributed by atoms with Crippen LogP contribution in [0.25, 0.3) is 0 Å². The molecule has 0 saturated carbocycles. The largest absolute Gasteiger partial charge is 0.480 e. The van der Waals surface area contributed by atoms with Crippen LogP contribution in [0.2, 0.25) is 5.02 Å². The number of hydrogen-bond acceptors (Lipinski definition) is 3. The molecule has 20 heavy (non-hydrogen) atoms. The van der Waals surface area contributed by atoms with E-state index in [-0.39, 0.29) is 17.2 Å². The molecule has 6 heteroatoms. The summed E-state index contributed by atoms with van der Waals surface area (Å²) in [5.41, 5.74) is 0.428. The van der Waals surface area contributed by atoms with Gasteiger partial charge in [-0.05, 0) is 24.1 Å². The quantitative estimate of drug-likeness (QED) is 0.932. The van der Waals surface area contributed by atoms with Crippen LogP contribution in [0.4, 0.5) is 0 Å². The van der Waals surface area contributed by atoms with Gasteiger partial charge in [-0.15, -0.1) is 11.8 Å². The number of carboxylic acid groups (broad SMARTS) is 1. The molecule has 0 aromatic heterocycles. The van der Waals surface area contributed by atoms with Gasteiger partial charge in [0.1, 0.15) is 6.04 Å². The van der Waals surface area contributed by atoms with Gasteiger partial charge in [-0.3, -0.25) is 4.79 Å². The summed E-state index contributed by atoms with van der Waals surface area (Å²) >= 11 is 7.41. The molecule has 2 unspecified atom stereocenters. The van der Waals surface area contributed by atoms with E-state index in [0.717, 1.165) is 0 Å². The Labute approximate surface area is 127 Å². The van der Waals surface area contributed by atoms with Crippen molar-refractivity contribution in [1.82, 2.24) is 4.90 Å². The third kappa shape index (κ3) is 2.94. The van der Waals surface area contributed by atoms with Gasteiger partial charge in [-0.25, -0.2) is 4.79 Å². The minimum absolute atomic E-state index is 0.123. The number of benzene rings is 1. The van der Waals surface area contributed by atoms with Gasteiger partial charge in [0.25, 0.3) is 5.91 Å². The molecule has 2 atom stereocenters. The van der Waals surface area contributed by atoms with Crippen molar-refractivity contribution in [2.45, 2.75) is 25.3 Å². The van der Waals surface area contributed by atoms with Crippen molar-refractivity contribution in [2.75, 3.05) is 5.75 Å². The summed E-state index contributed by atoms with van der Waals surface area (Å²) in [5.74, 6) is -0.628. The summed E-state index contributed by atoms with van der Waals surface area (Å²) < 4.78 is 0. The normalized spacial score (nSPS) is 22.3. The monoisotopic (exact) mass is 313 g/mol. The van der Waals surface area contributed by atoms with Crippen molar-refractivity contribution < 1.29 is 14.7 Å². The summed E-state index contributed by atoms with van der Waals surface area (Å²) in [6.45, 7) is 3.97. The summed E-state index contributed by atoms with van der Waals surface area (Å²) in [6.07, 6.45) is 0. The highest BCUT2D eigenvalue weighted by atomic mass is 35.5. The highest BCUT2D eigenvalue weighted by molar-refractivity contribution is 8.00. The third-order valence-electron chi connectivity index (χ3n) is 3.20. The maximum Gasteiger partial charge on any atom is 0.327 e. The number of hydrogen-bond donors (Lipinski definition) is 1. The first-order valence-corrected chi connectivity index (χ1v) is 7.77. The van der Waals surface area contributed by atoms with E-state index in [4.69, 9.17) is 11.6 Å². The Morgan fingerprint density at radius 1 is 1.45 bits per heavy atom. The second-order valence-electron chi connectivity index (χ2n) is 5.04. The van der Waals surface area contributed by atoms with Crippen molar-refractivity contribution in [1.29, 1.82) is 0 Å². The Morgan fingerprint density at radius 3 is 2.70 bits per heavy atom. The molecule has 0 spiro atoms. The Kier molecular flexibility index (Phi) is 4.60. The predicted molar refractivity (Wildman–Crippen MR) is 80.1 cm³/mol. The van der Waals surface area contributed by atoms with Gasteiger partial charge in [0.2, 0.25) is 0 Å². The molecule has 1 aromatic carbocycles. The Morgan fingerprint density at radius 2 is 2.15 bits per heavy atom. The molecule has 1 saturated heterocycles. The molecule has 4 nitrogen and oxygen atoms in total. The molecule has 1 aliphatic heterocycles. The van der Waals surface area contributed by atoms with Crippen molar-refractivity contribution in [3.05, 3.63) is 34.9 Å². The molecule has 1 amide bonds. The van der Waals surface area contributed by atoms with Gasteiger partial charge in [0, 0.05) is 16.3 Å². The fraction of sp³-hybridized carbons (Fsp3) is 0.429. The lowest BCUT2D eigenvalue weighted by atomic mass is 10.1. The van der Waals surface area contributed by atoms with Gasteiger partial charge < -0.3 is 10.0 Å². The first-order chi connectivity index (χ1) is 9.41. The van der Waals surface area contributed by atoms with Crippen LogP contribution in [0.15, 0.2) is 24.3 Å². The Bertz CT molecular complexity index is 535. The SMILES string of the molecule is CC(C)C1SCC(C(=O)O)N1C(=O)c1cccc(Cl)c1. The van der Waals surface area contributed by atoms with Crippen LogP contribution in [0.3, 0.4) is 0 Å². The number of amides is 1. The van der Waals surface area contributed by atoms with E-state index in [1.165, 1.54) is 16.7 Å². The van der Waals surface area contributed by atoms with E-state index in [2.05, 4.69) is 0 Å².